The van der Waals surface area contributed by atoms with Crippen molar-refractivity contribution in [1.29, 1.82) is 0 Å². The predicted octanol–water partition coefficient (Wildman–Crippen LogP) is 2.46. The second-order valence-electron chi connectivity index (χ2n) is 4.73. The van der Waals surface area contributed by atoms with Crippen LogP contribution in [0.3, 0.4) is 0 Å². The largest absolute Gasteiger partial charge is 0.496 e. The van der Waals surface area contributed by atoms with E-state index in [1.807, 2.05) is 24.7 Å². The predicted molar refractivity (Wildman–Crippen MR) is 76.3 cm³/mol. The molecule has 4 nitrogen and oxygen atoms in total. The Balaban J connectivity index is 1.98. The molecule has 2 aromatic rings. The minimum absolute atomic E-state index is 0.112. The van der Waals surface area contributed by atoms with Crippen molar-refractivity contribution in [1.82, 2.24) is 15.1 Å². The lowest BCUT2D eigenvalue weighted by Gasteiger charge is -2.18. The average molecular weight is 277 g/mol. The first-order valence-corrected chi connectivity index (χ1v) is 6.66. The molecule has 1 N–H and O–H groups in total. The van der Waals surface area contributed by atoms with Gasteiger partial charge in [-0.05, 0) is 25.1 Å². The first-order chi connectivity index (χ1) is 9.63. The van der Waals surface area contributed by atoms with Gasteiger partial charge in [0.1, 0.15) is 11.6 Å². The van der Waals surface area contributed by atoms with Gasteiger partial charge in [0.15, 0.2) is 0 Å². The van der Waals surface area contributed by atoms with E-state index < -0.39 is 0 Å². The van der Waals surface area contributed by atoms with E-state index in [1.165, 1.54) is 6.07 Å². The van der Waals surface area contributed by atoms with Gasteiger partial charge in [-0.25, -0.2) is 4.39 Å². The van der Waals surface area contributed by atoms with Crippen LogP contribution in [0.5, 0.6) is 5.75 Å². The van der Waals surface area contributed by atoms with Crippen LogP contribution in [-0.4, -0.2) is 23.4 Å². The summed E-state index contributed by atoms with van der Waals surface area (Å²) in [5.41, 5.74) is 1.71. The molecule has 1 aromatic carbocycles. The molecular weight excluding hydrogens is 257 g/mol. The quantitative estimate of drug-likeness (QED) is 0.881. The third-order valence-corrected chi connectivity index (χ3v) is 3.42. The summed E-state index contributed by atoms with van der Waals surface area (Å²) in [7, 11) is 3.47. The van der Waals surface area contributed by atoms with Crippen molar-refractivity contribution in [3.05, 3.63) is 47.5 Å². The smallest absolute Gasteiger partial charge is 0.131 e. The van der Waals surface area contributed by atoms with E-state index in [9.17, 15) is 4.39 Å². The fourth-order valence-electron chi connectivity index (χ4n) is 2.28. The third-order valence-electron chi connectivity index (χ3n) is 3.42. The fourth-order valence-corrected chi connectivity index (χ4v) is 2.28. The number of hydrogen-bond donors (Lipinski definition) is 1. The van der Waals surface area contributed by atoms with E-state index in [0.29, 0.717) is 11.3 Å². The van der Waals surface area contributed by atoms with Crippen molar-refractivity contribution in [2.75, 3.05) is 13.7 Å². The van der Waals surface area contributed by atoms with Crippen LogP contribution >= 0.6 is 0 Å². The molecular formula is C15H20FN3O. The molecule has 1 aromatic heterocycles. The molecule has 1 atom stereocenters. The summed E-state index contributed by atoms with van der Waals surface area (Å²) in [5.74, 6) is 0.329. The van der Waals surface area contributed by atoms with Crippen molar-refractivity contribution in [2.24, 2.45) is 7.05 Å². The van der Waals surface area contributed by atoms with Crippen molar-refractivity contribution in [3.8, 4) is 5.75 Å². The lowest BCUT2D eigenvalue weighted by atomic mass is 10.1. The van der Waals surface area contributed by atoms with Gasteiger partial charge in [-0.15, -0.1) is 0 Å². The van der Waals surface area contributed by atoms with Crippen LogP contribution in [-0.2, 0) is 13.5 Å². The molecule has 1 unspecified atom stereocenters. The molecule has 0 aliphatic rings. The summed E-state index contributed by atoms with van der Waals surface area (Å²) in [5, 5.41) is 7.44. The molecule has 2 rings (SSSR count). The highest BCUT2D eigenvalue weighted by Crippen LogP contribution is 2.27. The van der Waals surface area contributed by atoms with Crippen LogP contribution in [0.1, 0.15) is 24.2 Å². The normalized spacial score (nSPS) is 12.4. The van der Waals surface area contributed by atoms with Crippen molar-refractivity contribution >= 4 is 0 Å². The molecule has 0 spiro atoms. The SMILES string of the molecule is COc1cccc(F)c1C(C)NCCc1ccnn1C. The zero-order valence-corrected chi connectivity index (χ0v) is 12.1. The number of hydrogen-bond acceptors (Lipinski definition) is 3. The second kappa shape index (κ2) is 6.52. The van der Waals surface area contributed by atoms with Crippen LogP contribution in [0.25, 0.3) is 0 Å². The first-order valence-electron chi connectivity index (χ1n) is 6.66. The highest BCUT2D eigenvalue weighted by molar-refractivity contribution is 5.36. The Labute approximate surface area is 118 Å². The monoisotopic (exact) mass is 277 g/mol. The molecule has 0 aliphatic carbocycles. The Bertz CT molecular complexity index is 568. The fraction of sp³-hybridized carbons (Fsp3) is 0.400. The number of nitrogens with one attached hydrogen (secondary N) is 1. The molecule has 0 fully saturated rings. The Morgan fingerprint density at radius 1 is 1.40 bits per heavy atom. The summed E-state index contributed by atoms with van der Waals surface area (Å²) < 4.78 is 21.0. The maximum atomic E-state index is 13.9. The van der Waals surface area contributed by atoms with E-state index >= 15 is 0 Å². The number of methoxy groups -OCH3 is 1. The van der Waals surface area contributed by atoms with Gasteiger partial charge in [0.05, 0.1) is 7.11 Å². The Hall–Kier alpha value is -1.88. The van der Waals surface area contributed by atoms with Crippen LogP contribution in [0, 0.1) is 5.82 Å². The van der Waals surface area contributed by atoms with Crippen LogP contribution in [0.15, 0.2) is 30.5 Å². The van der Waals surface area contributed by atoms with E-state index in [-0.39, 0.29) is 11.9 Å². The Morgan fingerprint density at radius 3 is 2.85 bits per heavy atom. The first kappa shape index (κ1) is 14.5. The molecule has 108 valence electrons. The van der Waals surface area contributed by atoms with Gasteiger partial charge in [0.2, 0.25) is 0 Å². The van der Waals surface area contributed by atoms with Gasteiger partial charge in [-0.2, -0.15) is 5.10 Å². The highest BCUT2D eigenvalue weighted by atomic mass is 19.1. The lowest BCUT2D eigenvalue weighted by molar-refractivity contribution is 0.394. The molecule has 0 saturated carbocycles. The van der Waals surface area contributed by atoms with E-state index in [0.717, 1.165) is 18.7 Å². The zero-order valence-electron chi connectivity index (χ0n) is 12.1. The van der Waals surface area contributed by atoms with Gasteiger partial charge < -0.3 is 10.1 Å². The average Bonchev–Trinajstić information content (AvgIpc) is 2.84. The number of aryl methyl sites for hydroxylation is 1. The molecule has 5 heteroatoms. The molecule has 0 amide bonds. The standard InChI is InChI=1S/C15H20FN3O/c1-11(15-13(16)5-4-6-14(15)20-3)17-9-7-12-8-10-18-19(12)2/h4-6,8,10-11,17H,7,9H2,1-3H3. The summed E-state index contributed by atoms with van der Waals surface area (Å²) in [6.07, 6.45) is 2.62. The van der Waals surface area contributed by atoms with E-state index in [4.69, 9.17) is 4.74 Å². The maximum Gasteiger partial charge on any atom is 0.131 e. The van der Waals surface area contributed by atoms with Gasteiger partial charge in [0, 0.05) is 43.5 Å². The second-order valence-corrected chi connectivity index (χ2v) is 4.73. The number of ether oxygens (including phenoxy) is 1. The number of halogens is 1. The van der Waals surface area contributed by atoms with Gasteiger partial charge in [0.25, 0.3) is 0 Å². The summed E-state index contributed by atoms with van der Waals surface area (Å²) in [4.78, 5) is 0. The van der Waals surface area contributed by atoms with Crippen molar-refractivity contribution in [2.45, 2.75) is 19.4 Å². The molecule has 20 heavy (non-hydrogen) atoms. The van der Waals surface area contributed by atoms with Crippen molar-refractivity contribution < 1.29 is 9.13 Å². The van der Waals surface area contributed by atoms with E-state index in [2.05, 4.69) is 10.4 Å². The maximum absolute atomic E-state index is 13.9. The van der Waals surface area contributed by atoms with Gasteiger partial charge >= 0.3 is 0 Å². The highest BCUT2D eigenvalue weighted by Gasteiger charge is 2.15. The third kappa shape index (κ3) is 3.17. The molecule has 1 heterocycles. The minimum Gasteiger partial charge on any atom is -0.496 e. The summed E-state index contributed by atoms with van der Waals surface area (Å²) >= 11 is 0. The van der Waals surface area contributed by atoms with Gasteiger partial charge in [-0.1, -0.05) is 6.07 Å². The molecule has 0 radical (unpaired) electrons. The van der Waals surface area contributed by atoms with Crippen LogP contribution < -0.4 is 10.1 Å². The van der Waals surface area contributed by atoms with Crippen molar-refractivity contribution in [3.63, 3.8) is 0 Å². The Morgan fingerprint density at radius 2 is 2.20 bits per heavy atom. The van der Waals surface area contributed by atoms with Crippen LogP contribution in [0.4, 0.5) is 4.39 Å². The summed E-state index contributed by atoms with van der Waals surface area (Å²) in [6, 6.07) is 6.75. The number of benzene rings is 1. The molecule has 0 bridgehead atoms. The number of nitrogens with zero attached hydrogens (tertiary/aromatic N) is 2. The summed E-state index contributed by atoms with van der Waals surface area (Å²) in [6.45, 7) is 2.68. The van der Waals surface area contributed by atoms with Crippen LogP contribution in [0.2, 0.25) is 0 Å². The number of aromatic nitrogens is 2. The molecule has 0 aliphatic heterocycles. The van der Waals surface area contributed by atoms with Gasteiger partial charge in [-0.3, -0.25) is 4.68 Å². The molecule has 0 saturated heterocycles. The van der Waals surface area contributed by atoms with E-state index in [1.54, 1.807) is 25.4 Å². The zero-order chi connectivity index (χ0) is 14.5. The number of rotatable bonds is 6. The lowest BCUT2D eigenvalue weighted by Crippen LogP contribution is -2.23. The topological polar surface area (TPSA) is 39.1 Å². The minimum atomic E-state index is -0.245. The Kier molecular flexibility index (Phi) is 4.74.